The molecule has 0 radical (unpaired) electrons. The monoisotopic (exact) mass is 463 g/mol. The molecule has 0 fully saturated rings. The number of ether oxygens (including phenoxy) is 1. The fraction of sp³-hybridized carbons (Fsp3) is 0.208. The average Bonchev–Trinajstić information content (AvgIpc) is 3.52. The number of furan rings is 1. The third-order valence-corrected chi connectivity index (χ3v) is 5.79. The number of rotatable bonds is 11. The number of carbonyl (C=O) groups excluding carboxylic acids is 1. The molecular weight excluding hydrogens is 438 g/mol. The summed E-state index contributed by atoms with van der Waals surface area (Å²) in [5, 5.41) is 15.8. The molecule has 8 nitrogen and oxygen atoms in total. The van der Waals surface area contributed by atoms with Crippen molar-refractivity contribution >= 4 is 23.4 Å². The third-order valence-electron chi connectivity index (χ3n) is 4.86. The molecule has 33 heavy (non-hydrogen) atoms. The van der Waals surface area contributed by atoms with Crippen LogP contribution in [0.4, 0.5) is 5.69 Å². The highest BCUT2D eigenvalue weighted by atomic mass is 32.2. The largest absolute Gasteiger partial charge is 0.495 e. The summed E-state index contributed by atoms with van der Waals surface area (Å²) in [6, 6.07) is 21.3. The van der Waals surface area contributed by atoms with Gasteiger partial charge in [0.25, 0.3) is 0 Å². The Morgan fingerprint density at radius 3 is 2.64 bits per heavy atom. The van der Waals surface area contributed by atoms with Crippen molar-refractivity contribution in [3.05, 3.63) is 84.6 Å². The number of methoxy groups -OCH3 is 1. The van der Waals surface area contributed by atoms with Crippen LogP contribution in [0.5, 0.6) is 5.75 Å². The highest BCUT2D eigenvalue weighted by Gasteiger charge is 2.15. The zero-order valence-electron chi connectivity index (χ0n) is 18.2. The van der Waals surface area contributed by atoms with Gasteiger partial charge < -0.3 is 19.8 Å². The average molecular weight is 464 g/mol. The van der Waals surface area contributed by atoms with Crippen molar-refractivity contribution in [2.75, 3.05) is 18.2 Å². The summed E-state index contributed by atoms with van der Waals surface area (Å²) in [7, 11) is 1.65. The summed E-state index contributed by atoms with van der Waals surface area (Å²) in [6.07, 6.45) is 1.95. The quantitative estimate of drug-likeness (QED) is 0.321. The van der Waals surface area contributed by atoms with E-state index >= 15 is 0 Å². The second-order valence-corrected chi connectivity index (χ2v) is 8.14. The maximum atomic E-state index is 12.2. The number of anilines is 1. The van der Waals surface area contributed by atoms with Gasteiger partial charge in [0.2, 0.25) is 5.91 Å². The van der Waals surface area contributed by atoms with Crippen LogP contribution < -0.4 is 15.4 Å². The molecule has 0 aliphatic rings. The molecule has 9 heteroatoms. The number of amides is 1. The van der Waals surface area contributed by atoms with Crippen LogP contribution in [-0.2, 0) is 17.9 Å². The second kappa shape index (κ2) is 11.2. The Morgan fingerprint density at radius 2 is 1.85 bits per heavy atom. The Balaban J connectivity index is 1.42. The van der Waals surface area contributed by atoms with Crippen molar-refractivity contribution < 1.29 is 13.9 Å². The molecule has 0 saturated heterocycles. The predicted molar refractivity (Wildman–Crippen MR) is 128 cm³/mol. The standard InChI is InChI=1S/C24H25N5O3S/c1-31-21-12-6-5-11-20(21)25-17-22-27-28-24(29(22)18-8-3-2-4-9-18)33-15-13-23(30)26-16-19-10-7-14-32-19/h2-12,14,25H,13,15-17H2,1H3,(H,26,30). The first-order chi connectivity index (χ1) is 16.2. The Hall–Kier alpha value is -3.72. The molecule has 2 aromatic carbocycles. The molecule has 170 valence electrons. The fourth-order valence-electron chi connectivity index (χ4n) is 3.23. The van der Waals surface area contributed by atoms with Gasteiger partial charge in [-0.1, -0.05) is 42.1 Å². The van der Waals surface area contributed by atoms with Gasteiger partial charge >= 0.3 is 0 Å². The summed E-state index contributed by atoms with van der Waals surface area (Å²) in [4.78, 5) is 12.2. The first-order valence-electron chi connectivity index (χ1n) is 10.5. The van der Waals surface area contributed by atoms with Gasteiger partial charge in [0, 0.05) is 17.9 Å². The van der Waals surface area contributed by atoms with Crippen LogP contribution in [0.25, 0.3) is 5.69 Å². The van der Waals surface area contributed by atoms with E-state index in [-0.39, 0.29) is 5.91 Å². The lowest BCUT2D eigenvalue weighted by atomic mass is 10.3. The Labute approximate surface area is 196 Å². The molecule has 0 bridgehead atoms. The number of nitrogens with one attached hydrogen (secondary N) is 2. The molecule has 0 aliphatic heterocycles. The highest BCUT2D eigenvalue weighted by molar-refractivity contribution is 7.99. The van der Waals surface area contributed by atoms with Gasteiger partial charge in [-0.05, 0) is 36.4 Å². The normalized spacial score (nSPS) is 10.7. The number of nitrogens with zero attached hydrogens (tertiary/aromatic N) is 3. The first kappa shape index (κ1) is 22.5. The van der Waals surface area contributed by atoms with E-state index in [4.69, 9.17) is 9.15 Å². The summed E-state index contributed by atoms with van der Waals surface area (Å²) in [5.41, 5.74) is 1.84. The van der Waals surface area contributed by atoms with Gasteiger partial charge in [0.1, 0.15) is 11.5 Å². The van der Waals surface area contributed by atoms with Gasteiger partial charge in [-0.2, -0.15) is 0 Å². The zero-order valence-corrected chi connectivity index (χ0v) is 19.0. The van der Waals surface area contributed by atoms with Crippen LogP contribution in [0, 0.1) is 0 Å². The number of aromatic nitrogens is 3. The van der Waals surface area contributed by atoms with Crippen LogP contribution in [0.1, 0.15) is 18.0 Å². The molecule has 2 aromatic heterocycles. The van der Waals surface area contributed by atoms with E-state index in [2.05, 4.69) is 20.8 Å². The minimum Gasteiger partial charge on any atom is -0.495 e. The van der Waals surface area contributed by atoms with Crippen molar-refractivity contribution in [3.63, 3.8) is 0 Å². The smallest absolute Gasteiger partial charge is 0.221 e. The lowest BCUT2D eigenvalue weighted by Gasteiger charge is -2.13. The molecule has 0 saturated carbocycles. The molecule has 0 spiro atoms. The van der Waals surface area contributed by atoms with Gasteiger partial charge in [0.15, 0.2) is 11.0 Å². The van der Waals surface area contributed by atoms with Crippen LogP contribution in [0.3, 0.4) is 0 Å². The Kier molecular flexibility index (Phi) is 7.65. The van der Waals surface area contributed by atoms with Crippen molar-refractivity contribution in [2.45, 2.75) is 24.7 Å². The maximum Gasteiger partial charge on any atom is 0.221 e. The number of benzene rings is 2. The van der Waals surface area contributed by atoms with E-state index in [1.165, 1.54) is 11.8 Å². The van der Waals surface area contributed by atoms with E-state index in [1.54, 1.807) is 19.4 Å². The maximum absolute atomic E-state index is 12.2. The van der Waals surface area contributed by atoms with E-state index in [0.717, 1.165) is 33.9 Å². The minimum atomic E-state index is -0.0391. The lowest BCUT2D eigenvalue weighted by Crippen LogP contribution is -2.22. The lowest BCUT2D eigenvalue weighted by molar-refractivity contribution is -0.120. The van der Waals surface area contributed by atoms with E-state index < -0.39 is 0 Å². The van der Waals surface area contributed by atoms with Gasteiger partial charge in [-0.15, -0.1) is 10.2 Å². The number of thioether (sulfide) groups is 1. The molecular formula is C24H25N5O3S. The number of hydrogen-bond acceptors (Lipinski definition) is 7. The van der Waals surface area contributed by atoms with Crippen LogP contribution in [0.2, 0.25) is 0 Å². The first-order valence-corrected chi connectivity index (χ1v) is 11.5. The molecule has 0 atom stereocenters. The van der Waals surface area contributed by atoms with Crippen LogP contribution in [0.15, 0.2) is 82.6 Å². The molecule has 4 aromatic rings. The van der Waals surface area contributed by atoms with Gasteiger partial charge in [-0.25, -0.2) is 0 Å². The second-order valence-electron chi connectivity index (χ2n) is 7.08. The topological polar surface area (TPSA) is 94.2 Å². The zero-order chi connectivity index (χ0) is 22.9. The molecule has 0 unspecified atom stereocenters. The molecule has 0 aliphatic carbocycles. The predicted octanol–water partition coefficient (Wildman–Crippen LogP) is 4.28. The Bertz CT molecular complexity index is 1160. The van der Waals surface area contributed by atoms with E-state index in [9.17, 15) is 4.79 Å². The molecule has 2 heterocycles. The van der Waals surface area contributed by atoms with Crippen molar-refractivity contribution in [1.29, 1.82) is 0 Å². The molecule has 2 N–H and O–H groups in total. The van der Waals surface area contributed by atoms with Crippen molar-refractivity contribution in [2.24, 2.45) is 0 Å². The number of para-hydroxylation sites is 3. The summed E-state index contributed by atoms with van der Waals surface area (Å²) >= 11 is 1.50. The highest BCUT2D eigenvalue weighted by Crippen LogP contribution is 2.26. The third kappa shape index (κ3) is 5.95. The summed E-state index contributed by atoms with van der Waals surface area (Å²) in [6.45, 7) is 0.849. The minimum absolute atomic E-state index is 0.0391. The molecule has 4 rings (SSSR count). The van der Waals surface area contributed by atoms with Crippen molar-refractivity contribution in [1.82, 2.24) is 20.1 Å². The number of carbonyl (C=O) groups is 1. The van der Waals surface area contributed by atoms with Crippen LogP contribution in [-0.4, -0.2) is 33.5 Å². The van der Waals surface area contributed by atoms with Crippen LogP contribution >= 0.6 is 11.8 Å². The summed E-state index contributed by atoms with van der Waals surface area (Å²) in [5.74, 6) is 2.79. The SMILES string of the molecule is COc1ccccc1NCc1nnc(SCCC(=O)NCc2ccco2)n1-c1ccccc1. The number of hydrogen-bond donors (Lipinski definition) is 2. The van der Waals surface area contributed by atoms with Gasteiger partial charge in [-0.3, -0.25) is 9.36 Å². The van der Waals surface area contributed by atoms with E-state index in [1.807, 2.05) is 65.2 Å². The Morgan fingerprint density at radius 1 is 1.03 bits per heavy atom. The van der Waals surface area contributed by atoms with E-state index in [0.29, 0.717) is 25.3 Å². The van der Waals surface area contributed by atoms with Crippen molar-refractivity contribution in [3.8, 4) is 11.4 Å². The fourth-order valence-corrected chi connectivity index (χ4v) is 4.14. The van der Waals surface area contributed by atoms with Gasteiger partial charge in [0.05, 0.1) is 32.1 Å². The molecule has 1 amide bonds. The summed E-state index contributed by atoms with van der Waals surface area (Å²) < 4.78 is 12.7.